The number of phenolic OH excluding ortho intramolecular Hbond substituents is 1. The van der Waals surface area contributed by atoms with E-state index in [0.717, 1.165) is 43.8 Å². The highest BCUT2D eigenvalue weighted by Gasteiger charge is 2.63. The van der Waals surface area contributed by atoms with Crippen LogP contribution in [0.1, 0.15) is 53.6 Å². The van der Waals surface area contributed by atoms with Crippen molar-refractivity contribution in [1.29, 1.82) is 0 Å². The van der Waals surface area contributed by atoms with Crippen molar-refractivity contribution in [3.8, 4) is 5.75 Å². The van der Waals surface area contributed by atoms with Gasteiger partial charge in [-0.15, -0.1) is 0 Å². The van der Waals surface area contributed by atoms with Crippen LogP contribution < -0.4 is 0 Å². The molecule has 6 rings (SSSR count). The summed E-state index contributed by atoms with van der Waals surface area (Å²) in [4.78, 5) is 17.7. The Morgan fingerprint density at radius 2 is 1.75 bits per heavy atom. The lowest BCUT2D eigenvalue weighted by molar-refractivity contribution is -0.149. The van der Waals surface area contributed by atoms with E-state index in [1.54, 1.807) is 6.07 Å². The van der Waals surface area contributed by atoms with Gasteiger partial charge < -0.3 is 15.1 Å². The smallest absolute Gasteiger partial charge is 0.253 e. The molecule has 3 fully saturated rings. The number of nitrogens with zero attached hydrogens (tertiary/aromatic N) is 2. The summed E-state index contributed by atoms with van der Waals surface area (Å²) in [5.41, 5.74) is 1.75. The van der Waals surface area contributed by atoms with Crippen LogP contribution in [0.15, 0.2) is 48.5 Å². The van der Waals surface area contributed by atoms with Crippen molar-refractivity contribution < 1.29 is 15.0 Å². The van der Waals surface area contributed by atoms with Crippen LogP contribution in [0.2, 0.25) is 0 Å². The van der Waals surface area contributed by atoms with Crippen LogP contribution in [-0.4, -0.2) is 63.7 Å². The lowest BCUT2D eigenvalue weighted by Gasteiger charge is -2.61. The molecule has 168 valence electrons. The summed E-state index contributed by atoms with van der Waals surface area (Å²) in [7, 11) is 0. The van der Waals surface area contributed by atoms with Gasteiger partial charge >= 0.3 is 0 Å². The van der Waals surface area contributed by atoms with Crippen molar-refractivity contribution in [1.82, 2.24) is 9.80 Å². The van der Waals surface area contributed by atoms with E-state index >= 15 is 0 Å². The van der Waals surface area contributed by atoms with Crippen LogP contribution in [0.25, 0.3) is 0 Å². The fourth-order valence-corrected chi connectivity index (χ4v) is 6.83. The molecule has 4 aliphatic rings. The number of piperidine rings is 1. The number of carbonyl (C=O) groups excluding carboxylic acids is 1. The van der Waals surface area contributed by atoms with Gasteiger partial charge in [0.15, 0.2) is 0 Å². The van der Waals surface area contributed by atoms with Gasteiger partial charge in [0, 0.05) is 36.7 Å². The Morgan fingerprint density at radius 1 is 1.00 bits per heavy atom. The molecule has 2 saturated heterocycles. The van der Waals surface area contributed by atoms with Crippen molar-refractivity contribution >= 4 is 5.91 Å². The summed E-state index contributed by atoms with van der Waals surface area (Å²) >= 11 is 0. The molecule has 5 heteroatoms. The van der Waals surface area contributed by atoms with E-state index in [1.165, 1.54) is 18.4 Å². The molecule has 0 radical (unpaired) electrons. The minimum atomic E-state index is -0.896. The standard InChI is InChI=1S/C27H32N2O3/c30-22-9-8-21-16-24-27(32)12-15-28(25(31)20-4-2-1-3-5-20)13-10-26(27,23(21)17-22)11-14-29(24)18-19-6-7-19/h1-5,8-9,17,19,24,30,32H,6-7,10-16,18H2/t24-,26+,27-/m1/s1. The van der Waals surface area contributed by atoms with Crippen LogP contribution >= 0.6 is 0 Å². The normalized spacial score (nSPS) is 32.0. The molecule has 2 aliphatic carbocycles. The lowest BCUT2D eigenvalue weighted by Crippen LogP contribution is -2.71. The van der Waals surface area contributed by atoms with Gasteiger partial charge in [-0.1, -0.05) is 24.3 Å². The highest BCUT2D eigenvalue weighted by molar-refractivity contribution is 5.94. The number of phenols is 1. The first kappa shape index (κ1) is 20.3. The third-order valence-electron chi connectivity index (χ3n) is 8.74. The van der Waals surface area contributed by atoms with Gasteiger partial charge in [-0.05, 0) is 86.4 Å². The Morgan fingerprint density at radius 3 is 2.53 bits per heavy atom. The van der Waals surface area contributed by atoms with Crippen LogP contribution in [0, 0.1) is 5.92 Å². The molecule has 2 aromatic carbocycles. The predicted molar refractivity (Wildman–Crippen MR) is 123 cm³/mol. The quantitative estimate of drug-likeness (QED) is 0.781. The van der Waals surface area contributed by atoms with Crippen LogP contribution in [0.3, 0.4) is 0 Å². The first-order valence-electron chi connectivity index (χ1n) is 12.1. The summed E-state index contributed by atoms with van der Waals surface area (Å²) in [5, 5.41) is 22.8. The summed E-state index contributed by atoms with van der Waals surface area (Å²) < 4.78 is 0. The Bertz CT molecular complexity index is 1040. The Hall–Kier alpha value is -2.37. The average molecular weight is 433 g/mol. The molecule has 2 aromatic rings. The molecule has 2 N–H and O–H groups in total. The topological polar surface area (TPSA) is 64.0 Å². The summed E-state index contributed by atoms with van der Waals surface area (Å²) in [6.45, 7) is 3.24. The van der Waals surface area contributed by atoms with Crippen LogP contribution in [0.5, 0.6) is 5.75 Å². The molecule has 2 heterocycles. The third kappa shape index (κ3) is 3.01. The minimum Gasteiger partial charge on any atom is -0.508 e. The Kier molecular flexibility index (Phi) is 4.63. The Labute approximate surface area is 189 Å². The third-order valence-corrected chi connectivity index (χ3v) is 8.74. The highest BCUT2D eigenvalue weighted by Crippen LogP contribution is 2.56. The zero-order chi connectivity index (χ0) is 21.9. The first-order valence-corrected chi connectivity index (χ1v) is 12.1. The molecule has 0 aromatic heterocycles. The van der Waals surface area contributed by atoms with Crippen molar-refractivity contribution in [3.05, 3.63) is 65.2 Å². The summed E-state index contributed by atoms with van der Waals surface area (Å²) in [6.07, 6.45) is 5.59. The molecule has 2 aliphatic heterocycles. The summed E-state index contributed by atoms with van der Waals surface area (Å²) in [6, 6.07) is 15.3. The van der Waals surface area contributed by atoms with Crippen LogP contribution in [-0.2, 0) is 11.8 Å². The monoisotopic (exact) mass is 432 g/mol. The van der Waals surface area contributed by atoms with E-state index in [2.05, 4.69) is 11.0 Å². The number of hydrogen-bond donors (Lipinski definition) is 2. The van der Waals surface area contributed by atoms with Gasteiger partial charge in [0.05, 0.1) is 5.60 Å². The number of benzene rings is 2. The van der Waals surface area contributed by atoms with Gasteiger partial charge in [-0.25, -0.2) is 0 Å². The predicted octanol–water partition coefficient (Wildman–Crippen LogP) is 3.34. The number of aromatic hydroxyl groups is 1. The van der Waals surface area contributed by atoms with E-state index in [1.807, 2.05) is 41.3 Å². The van der Waals surface area contributed by atoms with Gasteiger partial charge in [-0.2, -0.15) is 0 Å². The van der Waals surface area contributed by atoms with E-state index in [0.29, 0.717) is 25.1 Å². The highest BCUT2D eigenvalue weighted by atomic mass is 16.3. The number of likely N-dealkylation sites (tertiary alicyclic amines) is 2. The molecule has 32 heavy (non-hydrogen) atoms. The molecule has 5 nitrogen and oxygen atoms in total. The second-order valence-electron chi connectivity index (χ2n) is 10.4. The number of hydrogen-bond acceptors (Lipinski definition) is 4. The molecular formula is C27H32N2O3. The number of aliphatic hydroxyl groups is 1. The van der Waals surface area contributed by atoms with Crippen molar-refractivity contribution in [2.75, 3.05) is 26.2 Å². The van der Waals surface area contributed by atoms with Gasteiger partial charge in [-0.3, -0.25) is 9.69 Å². The second-order valence-corrected chi connectivity index (χ2v) is 10.4. The maximum Gasteiger partial charge on any atom is 0.253 e. The Balaban J connectivity index is 1.40. The largest absolute Gasteiger partial charge is 0.508 e. The first-order chi connectivity index (χ1) is 15.5. The fourth-order valence-electron chi connectivity index (χ4n) is 6.83. The fraction of sp³-hybridized carbons (Fsp3) is 0.519. The second kappa shape index (κ2) is 7.32. The zero-order valence-corrected chi connectivity index (χ0v) is 18.5. The van der Waals surface area contributed by atoms with E-state index in [-0.39, 0.29) is 17.7 Å². The van der Waals surface area contributed by atoms with Crippen LogP contribution in [0.4, 0.5) is 0 Å². The summed E-state index contributed by atoms with van der Waals surface area (Å²) in [5.74, 6) is 1.08. The van der Waals surface area contributed by atoms with Gasteiger partial charge in [0.1, 0.15) is 5.75 Å². The molecule has 1 amide bonds. The maximum atomic E-state index is 13.3. The molecular weight excluding hydrogens is 400 g/mol. The number of amides is 1. The molecule has 2 bridgehead atoms. The maximum absolute atomic E-state index is 13.3. The number of fused-ring (bicyclic) bond motifs is 1. The molecule has 3 atom stereocenters. The lowest BCUT2D eigenvalue weighted by atomic mass is 9.52. The van der Waals surface area contributed by atoms with Gasteiger partial charge in [0.2, 0.25) is 0 Å². The molecule has 1 saturated carbocycles. The number of rotatable bonds is 3. The van der Waals surface area contributed by atoms with E-state index in [4.69, 9.17) is 0 Å². The molecule has 0 spiro atoms. The van der Waals surface area contributed by atoms with Crippen molar-refractivity contribution in [3.63, 3.8) is 0 Å². The number of carbonyl (C=O) groups is 1. The SMILES string of the molecule is O=C(c1ccccc1)N1CC[C@]23CCN(CC4CC4)[C@H](Cc4ccc(O)cc42)[C@]3(O)CC1. The van der Waals surface area contributed by atoms with Crippen molar-refractivity contribution in [2.24, 2.45) is 5.92 Å². The minimum absolute atomic E-state index is 0.0461. The van der Waals surface area contributed by atoms with E-state index in [9.17, 15) is 15.0 Å². The average Bonchev–Trinajstić information content (AvgIpc) is 3.63. The zero-order valence-electron chi connectivity index (χ0n) is 18.5. The molecule has 0 unspecified atom stereocenters. The van der Waals surface area contributed by atoms with Crippen molar-refractivity contribution in [2.45, 2.75) is 55.6 Å². The van der Waals surface area contributed by atoms with E-state index < -0.39 is 11.0 Å². The van der Waals surface area contributed by atoms with Gasteiger partial charge in [0.25, 0.3) is 5.91 Å².